The van der Waals surface area contributed by atoms with Crippen molar-refractivity contribution >= 4 is 11.7 Å². The van der Waals surface area contributed by atoms with E-state index < -0.39 is 6.04 Å². The Bertz CT molecular complexity index is 894. The van der Waals surface area contributed by atoms with E-state index in [4.69, 9.17) is 14.2 Å². The van der Waals surface area contributed by atoms with Gasteiger partial charge in [-0.05, 0) is 52.4 Å². The molecule has 1 aromatic carbocycles. The fourth-order valence-electron chi connectivity index (χ4n) is 5.13. The van der Waals surface area contributed by atoms with Crippen LogP contribution in [0.2, 0.25) is 0 Å². The maximum atomic E-state index is 13.7. The number of benzene rings is 1. The van der Waals surface area contributed by atoms with Crippen molar-refractivity contribution < 1.29 is 23.8 Å². The maximum Gasteiger partial charge on any atom is 0.290 e. The lowest BCUT2D eigenvalue weighted by molar-refractivity contribution is -0.135. The number of Topliss-reactive ketones (excluding diaryl/α,β-unsaturated/α-hetero) is 1. The Balaban J connectivity index is 1.79. The fourth-order valence-corrected chi connectivity index (χ4v) is 5.13. The van der Waals surface area contributed by atoms with E-state index in [2.05, 4.69) is 4.90 Å². The minimum atomic E-state index is -0.523. The van der Waals surface area contributed by atoms with E-state index in [-0.39, 0.29) is 29.5 Å². The first-order chi connectivity index (χ1) is 15.0. The van der Waals surface area contributed by atoms with Gasteiger partial charge in [0.25, 0.3) is 5.91 Å². The molecule has 1 saturated carbocycles. The molecule has 7 heteroatoms. The van der Waals surface area contributed by atoms with Crippen LogP contribution in [0.5, 0.6) is 11.5 Å². The molecule has 1 fully saturated rings. The molecule has 168 valence electrons. The van der Waals surface area contributed by atoms with Crippen molar-refractivity contribution in [2.24, 2.45) is 5.92 Å². The summed E-state index contributed by atoms with van der Waals surface area (Å²) in [5, 5.41) is 0. The van der Waals surface area contributed by atoms with Crippen LogP contribution >= 0.6 is 0 Å². The predicted octanol–water partition coefficient (Wildman–Crippen LogP) is 2.95. The number of ether oxygens (including phenoxy) is 3. The number of carbonyl (C=O) groups is 2. The van der Waals surface area contributed by atoms with Crippen LogP contribution in [0.1, 0.15) is 43.7 Å². The molecule has 1 aliphatic carbocycles. The van der Waals surface area contributed by atoms with E-state index in [0.717, 1.165) is 44.2 Å². The van der Waals surface area contributed by atoms with Gasteiger partial charge in [-0.15, -0.1) is 0 Å². The Labute approximate surface area is 183 Å². The third kappa shape index (κ3) is 3.80. The monoisotopic (exact) mass is 428 g/mol. The molecule has 7 nitrogen and oxygen atoms in total. The number of carbonyl (C=O) groups excluding carboxylic acids is 2. The van der Waals surface area contributed by atoms with E-state index in [1.165, 1.54) is 0 Å². The molecule has 3 atom stereocenters. The number of para-hydroxylation sites is 1. The van der Waals surface area contributed by atoms with Gasteiger partial charge in [-0.3, -0.25) is 9.59 Å². The average Bonchev–Trinajstić information content (AvgIpc) is 3.05. The Morgan fingerprint density at radius 3 is 2.61 bits per heavy atom. The summed E-state index contributed by atoms with van der Waals surface area (Å²) >= 11 is 0. The Kier molecular flexibility index (Phi) is 6.23. The molecule has 3 unspecified atom stereocenters. The topological polar surface area (TPSA) is 68.3 Å². The van der Waals surface area contributed by atoms with Gasteiger partial charge in [0.15, 0.2) is 23.0 Å². The smallest absolute Gasteiger partial charge is 0.290 e. The van der Waals surface area contributed by atoms with Crippen LogP contribution in [-0.2, 0) is 14.3 Å². The third-order valence-electron chi connectivity index (χ3n) is 6.59. The summed E-state index contributed by atoms with van der Waals surface area (Å²) in [6, 6.07) is 5.08. The van der Waals surface area contributed by atoms with Gasteiger partial charge in [0.05, 0.1) is 31.8 Å². The first-order valence-electron chi connectivity index (χ1n) is 11.1. The van der Waals surface area contributed by atoms with E-state index in [9.17, 15) is 9.59 Å². The maximum absolute atomic E-state index is 13.7. The van der Waals surface area contributed by atoms with Gasteiger partial charge < -0.3 is 24.0 Å². The zero-order valence-corrected chi connectivity index (χ0v) is 18.8. The van der Waals surface area contributed by atoms with E-state index >= 15 is 0 Å². The van der Waals surface area contributed by atoms with Gasteiger partial charge in [-0.2, -0.15) is 0 Å². The zero-order chi connectivity index (χ0) is 22.1. The highest BCUT2D eigenvalue weighted by Crippen LogP contribution is 2.49. The molecule has 0 aromatic heterocycles. The highest BCUT2D eigenvalue weighted by atomic mass is 16.5. The van der Waals surface area contributed by atoms with Crippen molar-refractivity contribution in [2.75, 3.05) is 41.4 Å². The lowest BCUT2D eigenvalue weighted by Gasteiger charge is -2.35. The summed E-state index contributed by atoms with van der Waals surface area (Å²) in [7, 11) is 7.19. The Morgan fingerprint density at radius 1 is 1.13 bits per heavy atom. The Morgan fingerprint density at radius 2 is 1.90 bits per heavy atom. The van der Waals surface area contributed by atoms with Crippen LogP contribution < -0.4 is 9.47 Å². The summed E-state index contributed by atoms with van der Waals surface area (Å²) in [4.78, 5) is 31.0. The largest absolute Gasteiger partial charge is 0.493 e. The third-order valence-corrected chi connectivity index (χ3v) is 6.59. The quantitative estimate of drug-likeness (QED) is 0.665. The van der Waals surface area contributed by atoms with Crippen molar-refractivity contribution in [3.05, 3.63) is 35.1 Å². The first kappa shape index (κ1) is 21.7. The number of hydrogen-bond donors (Lipinski definition) is 0. The molecule has 1 amide bonds. The zero-order valence-electron chi connectivity index (χ0n) is 18.8. The normalized spacial score (nSPS) is 25.5. The van der Waals surface area contributed by atoms with Gasteiger partial charge >= 0.3 is 0 Å². The molecule has 31 heavy (non-hydrogen) atoms. The summed E-state index contributed by atoms with van der Waals surface area (Å²) in [6.45, 7) is 1.37. The molecule has 0 bridgehead atoms. The first-order valence-corrected chi connectivity index (χ1v) is 11.1. The average molecular weight is 429 g/mol. The van der Waals surface area contributed by atoms with Crippen LogP contribution in [-0.4, -0.2) is 69.0 Å². The molecule has 4 rings (SSSR count). The minimum absolute atomic E-state index is 0.0595. The predicted molar refractivity (Wildman–Crippen MR) is 116 cm³/mol. The van der Waals surface area contributed by atoms with Gasteiger partial charge in [0.1, 0.15) is 6.10 Å². The van der Waals surface area contributed by atoms with Crippen LogP contribution in [0, 0.1) is 5.92 Å². The summed E-state index contributed by atoms with van der Waals surface area (Å²) in [5.74, 6) is 1.07. The summed E-state index contributed by atoms with van der Waals surface area (Å²) in [5.41, 5.74) is 1.25. The second kappa shape index (κ2) is 8.91. The number of fused-ring (bicyclic) bond motifs is 1. The van der Waals surface area contributed by atoms with Crippen LogP contribution in [0.25, 0.3) is 0 Å². The second-order valence-corrected chi connectivity index (χ2v) is 8.79. The molecular weight excluding hydrogens is 396 g/mol. The van der Waals surface area contributed by atoms with Gasteiger partial charge in [-0.1, -0.05) is 18.6 Å². The number of amides is 1. The van der Waals surface area contributed by atoms with Gasteiger partial charge in [0.2, 0.25) is 0 Å². The molecular formula is C24H32N2O5. The fraction of sp³-hybridized carbons (Fsp3) is 0.583. The van der Waals surface area contributed by atoms with Crippen LogP contribution in [0.4, 0.5) is 0 Å². The second-order valence-electron chi connectivity index (χ2n) is 8.79. The van der Waals surface area contributed by atoms with Crippen LogP contribution in [0.15, 0.2) is 29.5 Å². The molecule has 0 N–H and O–H groups in total. The molecule has 2 heterocycles. The molecule has 0 radical (unpaired) electrons. The summed E-state index contributed by atoms with van der Waals surface area (Å²) < 4.78 is 17.4. The molecule has 0 spiro atoms. The van der Waals surface area contributed by atoms with Crippen molar-refractivity contribution in [1.82, 2.24) is 9.80 Å². The lowest BCUT2D eigenvalue weighted by atomic mass is 9.77. The number of methoxy groups -OCH3 is 2. The van der Waals surface area contributed by atoms with E-state index in [0.29, 0.717) is 23.6 Å². The van der Waals surface area contributed by atoms with E-state index in [1.54, 1.807) is 19.1 Å². The van der Waals surface area contributed by atoms with Crippen molar-refractivity contribution in [2.45, 2.75) is 44.2 Å². The Hall–Kier alpha value is -2.54. The molecule has 2 aliphatic heterocycles. The number of rotatable bonds is 7. The molecule has 1 aromatic rings. The highest BCUT2D eigenvalue weighted by Gasteiger charge is 2.52. The van der Waals surface area contributed by atoms with E-state index in [1.807, 2.05) is 32.3 Å². The highest BCUT2D eigenvalue weighted by molar-refractivity contribution is 6.11. The van der Waals surface area contributed by atoms with Crippen LogP contribution in [0.3, 0.4) is 0 Å². The number of nitrogens with zero attached hydrogens (tertiary/aromatic N) is 2. The van der Waals surface area contributed by atoms with Crippen molar-refractivity contribution in [1.29, 1.82) is 0 Å². The number of ketones is 1. The standard InChI is InChI=1S/C24H32N2O5/c1-25(2)13-8-14-26-20(16-10-7-12-18(29-3)22(16)30-4)19-21(27)15-9-5-6-11-17(15)31-23(19)24(26)28/h7,10,12,15,17,20H,5-6,8-9,11,13-14H2,1-4H3. The lowest BCUT2D eigenvalue weighted by Crippen LogP contribution is -2.39. The summed E-state index contributed by atoms with van der Waals surface area (Å²) in [6.07, 6.45) is 4.31. The van der Waals surface area contributed by atoms with Gasteiger partial charge in [0, 0.05) is 12.1 Å². The van der Waals surface area contributed by atoms with Gasteiger partial charge in [-0.25, -0.2) is 0 Å². The SMILES string of the molecule is COc1cccc(C2C3=C(OC4CCCCC4C3=O)C(=O)N2CCCN(C)C)c1OC. The van der Waals surface area contributed by atoms with Crippen molar-refractivity contribution in [3.63, 3.8) is 0 Å². The number of hydrogen-bond acceptors (Lipinski definition) is 6. The molecule has 0 saturated heterocycles. The molecule has 3 aliphatic rings. The minimum Gasteiger partial charge on any atom is -0.493 e. The van der Waals surface area contributed by atoms with Crippen molar-refractivity contribution in [3.8, 4) is 11.5 Å².